The molecule has 0 nitrogen and oxygen atoms in total. The van der Waals surface area contributed by atoms with Crippen LogP contribution in [0.5, 0.6) is 0 Å². The van der Waals surface area contributed by atoms with Gasteiger partial charge in [-0.2, -0.15) is 0 Å². The van der Waals surface area contributed by atoms with Crippen molar-refractivity contribution in [3.63, 3.8) is 0 Å². The molecule has 1 aliphatic carbocycles. The minimum atomic E-state index is 0.584. The molecule has 0 amide bonds. The van der Waals surface area contributed by atoms with Gasteiger partial charge in [0.05, 0.1) is 0 Å². The van der Waals surface area contributed by atoms with Gasteiger partial charge in [0.15, 0.2) is 0 Å². The van der Waals surface area contributed by atoms with E-state index in [0.29, 0.717) is 5.41 Å². The average Bonchev–Trinajstić information content (AvgIpc) is 2.28. The van der Waals surface area contributed by atoms with Crippen LogP contribution in [0.25, 0.3) is 0 Å². The van der Waals surface area contributed by atoms with Gasteiger partial charge in [0.2, 0.25) is 0 Å². The third-order valence-electron chi connectivity index (χ3n) is 5.24. The van der Waals surface area contributed by atoms with E-state index in [1.807, 2.05) is 0 Å². The SMILES string of the molecule is CCC(C)C1CCC(C(C)(C)CC)CC1. The van der Waals surface area contributed by atoms with E-state index in [0.717, 1.165) is 17.8 Å². The summed E-state index contributed by atoms with van der Waals surface area (Å²) in [6, 6.07) is 0. The molecule has 0 aromatic heterocycles. The lowest BCUT2D eigenvalue weighted by Crippen LogP contribution is -2.29. The summed E-state index contributed by atoms with van der Waals surface area (Å²) in [5.74, 6) is 2.97. The van der Waals surface area contributed by atoms with E-state index in [2.05, 4.69) is 34.6 Å². The Labute approximate surface area is 96.8 Å². The Kier molecular flexibility index (Phi) is 4.67. The van der Waals surface area contributed by atoms with Gasteiger partial charge in [-0.25, -0.2) is 0 Å². The first kappa shape index (κ1) is 13.1. The lowest BCUT2D eigenvalue weighted by atomic mass is 9.66. The van der Waals surface area contributed by atoms with E-state index in [1.54, 1.807) is 0 Å². The zero-order valence-corrected chi connectivity index (χ0v) is 11.5. The second-order valence-electron chi connectivity index (χ2n) is 6.34. The predicted molar refractivity (Wildman–Crippen MR) is 69.0 cm³/mol. The van der Waals surface area contributed by atoms with E-state index in [9.17, 15) is 0 Å². The first-order valence-corrected chi connectivity index (χ1v) is 7.01. The van der Waals surface area contributed by atoms with Crippen LogP contribution in [-0.2, 0) is 0 Å². The minimum Gasteiger partial charge on any atom is -0.0651 e. The Bertz CT molecular complexity index is 172. The van der Waals surface area contributed by atoms with Crippen molar-refractivity contribution in [3.8, 4) is 0 Å². The highest BCUT2D eigenvalue weighted by molar-refractivity contribution is 4.83. The van der Waals surface area contributed by atoms with E-state index in [-0.39, 0.29) is 0 Å². The normalized spacial score (nSPS) is 30.2. The molecule has 0 heteroatoms. The van der Waals surface area contributed by atoms with Crippen molar-refractivity contribution in [1.82, 2.24) is 0 Å². The fourth-order valence-corrected chi connectivity index (χ4v) is 3.09. The summed E-state index contributed by atoms with van der Waals surface area (Å²) in [5.41, 5.74) is 0.584. The fourth-order valence-electron chi connectivity index (χ4n) is 3.09. The van der Waals surface area contributed by atoms with Crippen molar-refractivity contribution in [2.75, 3.05) is 0 Å². The van der Waals surface area contributed by atoms with Gasteiger partial charge in [-0.3, -0.25) is 0 Å². The lowest BCUT2D eigenvalue weighted by Gasteiger charge is -2.40. The molecule has 1 aliphatic rings. The van der Waals surface area contributed by atoms with Crippen molar-refractivity contribution >= 4 is 0 Å². The average molecular weight is 210 g/mol. The van der Waals surface area contributed by atoms with Gasteiger partial charge in [-0.15, -0.1) is 0 Å². The fraction of sp³-hybridized carbons (Fsp3) is 1.00. The lowest BCUT2D eigenvalue weighted by molar-refractivity contribution is 0.109. The molecule has 1 fully saturated rings. The molecule has 90 valence electrons. The van der Waals surface area contributed by atoms with Crippen LogP contribution in [0.3, 0.4) is 0 Å². The van der Waals surface area contributed by atoms with Crippen LogP contribution in [0.15, 0.2) is 0 Å². The molecule has 1 atom stereocenters. The Hall–Kier alpha value is 0. The maximum Gasteiger partial charge on any atom is -0.0329 e. The van der Waals surface area contributed by atoms with Crippen LogP contribution in [0.4, 0.5) is 0 Å². The Morgan fingerprint density at radius 1 is 1.07 bits per heavy atom. The topological polar surface area (TPSA) is 0 Å². The van der Waals surface area contributed by atoms with Gasteiger partial charge in [0, 0.05) is 0 Å². The predicted octanol–water partition coefficient (Wildman–Crippen LogP) is 5.28. The summed E-state index contributed by atoms with van der Waals surface area (Å²) in [7, 11) is 0. The molecule has 0 aliphatic heterocycles. The summed E-state index contributed by atoms with van der Waals surface area (Å²) in [5, 5.41) is 0. The summed E-state index contributed by atoms with van der Waals surface area (Å²) in [4.78, 5) is 0. The Balaban J connectivity index is 2.42. The van der Waals surface area contributed by atoms with Gasteiger partial charge in [0.25, 0.3) is 0 Å². The second kappa shape index (κ2) is 5.37. The van der Waals surface area contributed by atoms with Crippen molar-refractivity contribution < 1.29 is 0 Å². The summed E-state index contributed by atoms with van der Waals surface area (Å²) >= 11 is 0. The monoisotopic (exact) mass is 210 g/mol. The molecule has 1 rings (SSSR count). The van der Waals surface area contributed by atoms with Crippen LogP contribution in [0.2, 0.25) is 0 Å². The van der Waals surface area contributed by atoms with Gasteiger partial charge in [-0.05, 0) is 48.9 Å². The van der Waals surface area contributed by atoms with Crippen LogP contribution in [0, 0.1) is 23.2 Å². The highest BCUT2D eigenvalue weighted by Crippen LogP contribution is 2.43. The Morgan fingerprint density at radius 2 is 1.60 bits per heavy atom. The quantitative estimate of drug-likeness (QED) is 0.592. The van der Waals surface area contributed by atoms with Crippen molar-refractivity contribution in [3.05, 3.63) is 0 Å². The molecular formula is C15H30. The zero-order valence-electron chi connectivity index (χ0n) is 11.5. The molecule has 15 heavy (non-hydrogen) atoms. The van der Waals surface area contributed by atoms with Crippen LogP contribution in [-0.4, -0.2) is 0 Å². The molecule has 0 bridgehead atoms. The first-order valence-electron chi connectivity index (χ1n) is 7.01. The van der Waals surface area contributed by atoms with E-state index in [4.69, 9.17) is 0 Å². The van der Waals surface area contributed by atoms with Gasteiger partial charge in [-0.1, -0.05) is 47.5 Å². The third-order valence-corrected chi connectivity index (χ3v) is 5.24. The summed E-state index contributed by atoms with van der Waals surface area (Å²) in [6.45, 7) is 12.0. The van der Waals surface area contributed by atoms with E-state index >= 15 is 0 Å². The molecule has 0 spiro atoms. The van der Waals surface area contributed by atoms with Crippen molar-refractivity contribution in [2.24, 2.45) is 23.2 Å². The molecule has 0 heterocycles. The van der Waals surface area contributed by atoms with E-state index in [1.165, 1.54) is 38.5 Å². The van der Waals surface area contributed by atoms with Gasteiger partial charge < -0.3 is 0 Å². The maximum absolute atomic E-state index is 2.46. The highest BCUT2D eigenvalue weighted by Gasteiger charge is 2.32. The third kappa shape index (κ3) is 3.23. The molecule has 0 aromatic rings. The number of rotatable bonds is 4. The molecule has 1 saturated carbocycles. The van der Waals surface area contributed by atoms with Gasteiger partial charge >= 0.3 is 0 Å². The number of hydrogen-bond donors (Lipinski definition) is 0. The summed E-state index contributed by atoms with van der Waals surface area (Å²) in [6.07, 6.45) is 8.65. The maximum atomic E-state index is 2.46. The first-order chi connectivity index (χ1) is 7.01. The molecule has 0 radical (unpaired) electrons. The molecular weight excluding hydrogens is 180 g/mol. The molecule has 0 aromatic carbocycles. The van der Waals surface area contributed by atoms with Crippen LogP contribution in [0.1, 0.15) is 73.1 Å². The molecule has 0 N–H and O–H groups in total. The number of hydrogen-bond acceptors (Lipinski definition) is 0. The molecule has 1 unspecified atom stereocenters. The van der Waals surface area contributed by atoms with Crippen molar-refractivity contribution in [2.45, 2.75) is 73.1 Å². The van der Waals surface area contributed by atoms with Crippen LogP contribution >= 0.6 is 0 Å². The van der Waals surface area contributed by atoms with E-state index < -0.39 is 0 Å². The molecule has 0 saturated heterocycles. The zero-order chi connectivity index (χ0) is 11.5. The van der Waals surface area contributed by atoms with Crippen molar-refractivity contribution in [1.29, 1.82) is 0 Å². The highest BCUT2D eigenvalue weighted by atomic mass is 14.4. The minimum absolute atomic E-state index is 0.584. The second-order valence-corrected chi connectivity index (χ2v) is 6.34. The standard InChI is InChI=1S/C15H30/c1-6-12(3)13-8-10-14(11-9-13)15(4,5)7-2/h12-14H,6-11H2,1-5H3. The Morgan fingerprint density at radius 3 is 2.00 bits per heavy atom. The summed E-state index contributed by atoms with van der Waals surface area (Å²) < 4.78 is 0. The van der Waals surface area contributed by atoms with Crippen LogP contribution < -0.4 is 0 Å². The van der Waals surface area contributed by atoms with Gasteiger partial charge in [0.1, 0.15) is 0 Å². The smallest absolute Gasteiger partial charge is 0.0329 e. The largest absolute Gasteiger partial charge is 0.0651 e.